The van der Waals surface area contributed by atoms with Crippen molar-refractivity contribution in [2.45, 2.75) is 32.3 Å². The number of H-pyrrole nitrogens is 1. The highest BCUT2D eigenvalue weighted by Gasteiger charge is 2.24. The maximum Gasteiger partial charge on any atom is 0.219 e. The number of fused-ring (bicyclic) bond motifs is 1. The molecule has 0 bridgehead atoms. The molecule has 5 nitrogen and oxygen atoms in total. The number of benzene rings is 4. The van der Waals surface area contributed by atoms with Crippen molar-refractivity contribution < 1.29 is 14.7 Å². The van der Waals surface area contributed by atoms with Crippen LogP contribution in [0.5, 0.6) is 0 Å². The number of amides is 1. The third kappa shape index (κ3) is 6.30. The molecule has 2 heterocycles. The number of aromatic nitrogens is 1. The van der Waals surface area contributed by atoms with Crippen molar-refractivity contribution >= 4 is 22.6 Å². The van der Waals surface area contributed by atoms with Gasteiger partial charge in [0, 0.05) is 54.0 Å². The Bertz CT molecular complexity index is 1820. The molecule has 1 aromatic heterocycles. The molecule has 0 radical (unpaired) electrons. The van der Waals surface area contributed by atoms with E-state index in [2.05, 4.69) is 41.1 Å². The van der Waals surface area contributed by atoms with Gasteiger partial charge >= 0.3 is 0 Å². The normalized spacial score (nSPS) is 14.2. The number of rotatable bonds is 6. The fraction of sp³-hybridized carbons (Fsp3) is 0.211. The molecule has 1 amide bonds. The molecule has 43 heavy (non-hydrogen) atoms. The third-order valence-electron chi connectivity index (χ3n) is 8.42. The molecular weight excluding hydrogens is 532 g/mol. The van der Waals surface area contributed by atoms with E-state index in [0.29, 0.717) is 17.0 Å². The quantitative estimate of drug-likeness (QED) is 0.173. The summed E-state index contributed by atoms with van der Waals surface area (Å²) in [5.41, 5.74) is 6.49. The monoisotopic (exact) mass is 566 g/mol. The van der Waals surface area contributed by atoms with Crippen LogP contribution in [0, 0.1) is 17.8 Å². The number of piperidine rings is 1. The van der Waals surface area contributed by atoms with Crippen molar-refractivity contribution in [3.8, 4) is 23.0 Å². The SMILES string of the molecule is CC(=O)N1CCC(Cc2ccc(C#Cc3cccc(C(O)C(=O)c4ccccc4)c3-c3ccc4cc[nH]c4c3)cc2)CC1. The number of aliphatic hydroxyl groups is 1. The number of ketones is 1. The summed E-state index contributed by atoms with van der Waals surface area (Å²) in [6.45, 7) is 3.33. The second kappa shape index (κ2) is 12.5. The zero-order chi connectivity index (χ0) is 29.8. The number of hydrogen-bond acceptors (Lipinski definition) is 3. The zero-order valence-corrected chi connectivity index (χ0v) is 24.2. The lowest BCUT2D eigenvalue weighted by atomic mass is 9.88. The van der Waals surface area contributed by atoms with Crippen LogP contribution in [0.3, 0.4) is 0 Å². The summed E-state index contributed by atoms with van der Waals surface area (Å²) >= 11 is 0. The molecule has 0 aliphatic carbocycles. The van der Waals surface area contributed by atoms with Crippen molar-refractivity contribution in [3.63, 3.8) is 0 Å². The van der Waals surface area contributed by atoms with Crippen molar-refractivity contribution in [3.05, 3.63) is 131 Å². The smallest absolute Gasteiger partial charge is 0.219 e. The van der Waals surface area contributed by atoms with Gasteiger partial charge in [-0.05, 0) is 77.6 Å². The Morgan fingerprint density at radius 3 is 2.42 bits per heavy atom. The van der Waals surface area contributed by atoms with Crippen LogP contribution in [0.2, 0.25) is 0 Å². The molecule has 1 aliphatic rings. The largest absolute Gasteiger partial charge is 0.380 e. The molecule has 1 saturated heterocycles. The van der Waals surface area contributed by atoms with Crippen molar-refractivity contribution in [2.24, 2.45) is 5.92 Å². The standard InChI is InChI=1S/C38H34N2O3/c1-26(41)40-22-19-29(20-23-40)24-28-12-10-27(11-13-28)14-15-31-8-5-9-34(38(43)37(42)32-6-3-2-4-7-32)36(31)33-17-16-30-18-21-39-35(30)25-33/h2-13,16-18,21,25,29,38-39,43H,19-20,22-24H2,1H3. The highest BCUT2D eigenvalue weighted by atomic mass is 16.3. The van der Waals surface area contributed by atoms with Gasteiger partial charge in [0.05, 0.1) is 0 Å². The van der Waals surface area contributed by atoms with Gasteiger partial charge in [-0.3, -0.25) is 9.59 Å². The summed E-state index contributed by atoms with van der Waals surface area (Å²) in [7, 11) is 0. The van der Waals surface area contributed by atoms with Gasteiger partial charge in [-0.25, -0.2) is 0 Å². The van der Waals surface area contributed by atoms with Crippen molar-refractivity contribution in [1.82, 2.24) is 9.88 Å². The van der Waals surface area contributed by atoms with Crippen molar-refractivity contribution in [1.29, 1.82) is 0 Å². The predicted molar refractivity (Wildman–Crippen MR) is 171 cm³/mol. The van der Waals surface area contributed by atoms with Gasteiger partial charge in [0.15, 0.2) is 5.78 Å². The molecule has 1 unspecified atom stereocenters. The van der Waals surface area contributed by atoms with E-state index in [1.54, 1.807) is 37.3 Å². The lowest BCUT2D eigenvalue weighted by Crippen LogP contribution is -2.37. The number of Topliss-reactive ketones (excluding diaryl/α,β-unsaturated/α-hetero) is 1. The minimum Gasteiger partial charge on any atom is -0.380 e. The number of carbonyl (C=O) groups is 2. The third-order valence-corrected chi connectivity index (χ3v) is 8.42. The second-order valence-corrected chi connectivity index (χ2v) is 11.3. The molecule has 5 aromatic rings. The number of aliphatic hydroxyl groups excluding tert-OH is 1. The van der Waals surface area contributed by atoms with Gasteiger partial charge < -0.3 is 15.0 Å². The van der Waals surface area contributed by atoms with E-state index in [-0.39, 0.29) is 11.7 Å². The first-order valence-electron chi connectivity index (χ1n) is 14.8. The number of aromatic amines is 1. The molecule has 0 saturated carbocycles. The minimum atomic E-state index is -1.33. The summed E-state index contributed by atoms with van der Waals surface area (Å²) in [5.74, 6) is 7.05. The molecular formula is C38H34N2O3. The highest BCUT2D eigenvalue weighted by Crippen LogP contribution is 2.34. The van der Waals surface area contributed by atoms with Crippen LogP contribution < -0.4 is 0 Å². The molecule has 4 aromatic carbocycles. The van der Waals surface area contributed by atoms with Gasteiger partial charge in [0.2, 0.25) is 5.91 Å². The van der Waals surface area contributed by atoms with E-state index < -0.39 is 6.10 Å². The number of likely N-dealkylation sites (tertiary alicyclic amines) is 1. The Morgan fingerprint density at radius 2 is 1.67 bits per heavy atom. The van der Waals surface area contributed by atoms with Gasteiger partial charge in [0.25, 0.3) is 0 Å². The molecule has 0 spiro atoms. The molecule has 1 atom stereocenters. The van der Waals surface area contributed by atoms with Gasteiger partial charge in [-0.2, -0.15) is 0 Å². The average molecular weight is 567 g/mol. The molecule has 6 rings (SSSR count). The summed E-state index contributed by atoms with van der Waals surface area (Å²) in [6, 6.07) is 30.9. The second-order valence-electron chi connectivity index (χ2n) is 11.3. The van der Waals surface area contributed by atoms with E-state index in [4.69, 9.17) is 0 Å². The van der Waals surface area contributed by atoms with Crippen LogP contribution in [-0.4, -0.2) is 39.8 Å². The van der Waals surface area contributed by atoms with Crippen LogP contribution in [0.4, 0.5) is 0 Å². The van der Waals surface area contributed by atoms with Crippen LogP contribution >= 0.6 is 0 Å². The fourth-order valence-corrected chi connectivity index (χ4v) is 5.98. The summed E-state index contributed by atoms with van der Waals surface area (Å²) < 4.78 is 0. The molecule has 2 N–H and O–H groups in total. The van der Waals surface area contributed by atoms with Gasteiger partial charge in [-0.1, -0.05) is 78.6 Å². The van der Waals surface area contributed by atoms with Gasteiger partial charge in [0.1, 0.15) is 6.10 Å². The first kappa shape index (κ1) is 28.2. The summed E-state index contributed by atoms with van der Waals surface area (Å²) in [5, 5.41) is 12.4. The van der Waals surface area contributed by atoms with E-state index in [9.17, 15) is 14.7 Å². The maximum absolute atomic E-state index is 13.3. The lowest BCUT2D eigenvalue weighted by Gasteiger charge is -2.31. The zero-order valence-electron chi connectivity index (χ0n) is 24.2. The number of carbonyl (C=O) groups excluding carboxylic acids is 2. The first-order valence-corrected chi connectivity index (χ1v) is 14.8. The van der Waals surface area contributed by atoms with E-state index in [1.165, 1.54) is 5.56 Å². The minimum absolute atomic E-state index is 0.164. The number of hydrogen-bond donors (Lipinski definition) is 2. The van der Waals surface area contributed by atoms with E-state index in [1.807, 2.05) is 53.6 Å². The Balaban J connectivity index is 1.29. The Kier molecular flexibility index (Phi) is 8.22. The van der Waals surface area contributed by atoms with Crippen LogP contribution in [0.1, 0.15) is 58.5 Å². The Labute approximate surface area is 252 Å². The Hall–Kier alpha value is -4.92. The summed E-state index contributed by atoms with van der Waals surface area (Å²) in [6.07, 6.45) is 3.63. The maximum atomic E-state index is 13.3. The van der Waals surface area contributed by atoms with Crippen LogP contribution in [-0.2, 0) is 11.2 Å². The topological polar surface area (TPSA) is 73.4 Å². The summed E-state index contributed by atoms with van der Waals surface area (Å²) in [4.78, 5) is 30.1. The van der Waals surface area contributed by atoms with E-state index >= 15 is 0 Å². The number of nitrogens with one attached hydrogen (secondary N) is 1. The first-order chi connectivity index (χ1) is 21.0. The average Bonchev–Trinajstić information content (AvgIpc) is 3.52. The lowest BCUT2D eigenvalue weighted by molar-refractivity contribution is -0.130. The van der Waals surface area contributed by atoms with Gasteiger partial charge in [-0.15, -0.1) is 0 Å². The molecule has 1 fully saturated rings. The van der Waals surface area contributed by atoms with E-state index in [0.717, 1.165) is 65.5 Å². The molecule has 5 heteroatoms. The molecule has 214 valence electrons. The van der Waals surface area contributed by atoms with Crippen LogP contribution in [0.15, 0.2) is 103 Å². The highest BCUT2D eigenvalue weighted by molar-refractivity contribution is 6.01. The van der Waals surface area contributed by atoms with Crippen molar-refractivity contribution in [2.75, 3.05) is 13.1 Å². The number of nitrogens with zero attached hydrogens (tertiary/aromatic N) is 1. The Morgan fingerprint density at radius 1 is 0.907 bits per heavy atom. The predicted octanol–water partition coefficient (Wildman–Crippen LogP) is 6.95. The fourth-order valence-electron chi connectivity index (χ4n) is 5.98. The van der Waals surface area contributed by atoms with Crippen LogP contribution in [0.25, 0.3) is 22.0 Å². The molecule has 1 aliphatic heterocycles.